The number of primary amides is 1. The predicted octanol–water partition coefficient (Wildman–Crippen LogP) is 1.94. The van der Waals surface area contributed by atoms with Crippen LogP contribution in [0.1, 0.15) is 23.2 Å². The van der Waals surface area contributed by atoms with E-state index in [1.54, 1.807) is 12.1 Å². The van der Waals surface area contributed by atoms with Crippen molar-refractivity contribution in [3.8, 4) is 0 Å². The minimum Gasteiger partial charge on any atom is -0.369 e. The van der Waals surface area contributed by atoms with E-state index in [0.717, 1.165) is 23.7 Å². The van der Waals surface area contributed by atoms with Crippen molar-refractivity contribution in [3.05, 3.63) is 47.1 Å². The Morgan fingerprint density at radius 3 is 2.61 bits per heavy atom. The minimum atomic E-state index is -3.71. The van der Waals surface area contributed by atoms with E-state index in [-0.39, 0.29) is 27.3 Å². The van der Waals surface area contributed by atoms with Crippen LogP contribution in [0, 0.1) is 5.92 Å². The fourth-order valence-corrected chi connectivity index (χ4v) is 4.44. The smallest absolute Gasteiger partial charge is 0.257 e. The maximum atomic E-state index is 12.7. The Morgan fingerprint density at radius 1 is 1.26 bits per heavy atom. The lowest BCUT2D eigenvalue weighted by Crippen LogP contribution is -2.41. The van der Waals surface area contributed by atoms with Gasteiger partial charge in [0, 0.05) is 27.2 Å². The molecule has 2 aromatic rings. The van der Waals surface area contributed by atoms with E-state index in [1.165, 1.54) is 38.5 Å². The number of nitrogens with zero attached hydrogens (tertiary/aromatic N) is 3. The minimum absolute atomic E-state index is 0.0328. The summed E-state index contributed by atoms with van der Waals surface area (Å²) in [5.41, 5.74) is 5.88. The average molecular weight is 466 g/mol. The number of pyridine rings is 1. The molecule has 11 heteroatoms. The maximum Gasteiger partial charge on any atom is 0.257 e. The van der Waals surface area contributed by atoms with Gasteiger partial charge in [-0.05, 0) is 43.2 Å². The highest BCUT2D eigenvalue weighted by Crippen LogP contribution is 2.25. The lowest BCUT2D eigenvalue weighted by atomic mass is 9.97. The third-order valence-electron chi connectivity index (χ3n) is 5.11. The third-order valence-corrected chi connectivity index (χ3v) is 7.26. The molecule has 1 aromatic carbocycles. The molecule has 1 aliphatic heterocycles. The Morgan fingerprint density at radius 2 is 2.00 bits per heavy atom. The van der Waals surface area contributed by atoms with Crippen molar-refractivity contribution in [1.82, 2.24) is 9.29 Å². The van der Waals surface area contributed by atoms with Crippen LogP contribution in [-0.4, -0.2) is 56.7 Å². The van der Waals surface area contributed by atoms with Gasteiger partial charge >= 0.3 is 0 Å². The first kappa shape index (κ1) is 23.0. The van der Waals surface area contributed by atoms with E-state index in [4.69, 9.17) is 17.3 Å². The van der Waals surface area contributed by atoms with Gasteiger partial charge in [0.2, 0.25) is 15.9 Å². The number of piperidine rings is 1. The summed E-state index contributed by atoms with van der Waals surface area (Å²) in [6.45, 7) is 1.28. The van der Waals surface area contributed by atoms with Gasteiger partial charge in [-0.2, -0.15) is 0 Å². The number of anilines is 2. The van der Waals surface area contributed by atoms with Gasteiger partial charge in [-0.15, -0.1) is 0 Å². The third kappa shape index (κ3) is 5.15. The van der Waals surface area contributed by atoms with Crippen LogP contribution in [0.25, 0.3) is 0 Å². The summed E-state index contributed by atoms with van der Waals surface area (Å²) in [5, 5.41) is 2.81. The summed E-state index contributed by atoms with van der Waals surface area (Å²) in [7, 11) is -0.892. The molecule has 3 rings (SSSR count). The maximum absolute atomic E-state index is 12.7. The van der Waals surface area contributed by atoms with Crippen molar-refractivity contribution in [1.29, 1.82) is 0 Å². The molecule has 1 saturated heterocycles. The van der Waals surface area contributed by atoms with E-state index in [1.807, 2.05) is 4.90 Å². The van der Waals surface area contributed by atoms with Crippen LogP contribution in [0.15, 0.2) is 41.4 Å². The fraction of sp³-hybridized carbons (Fsp3) is 0.350. The zero-order valence-corrected chi connectivity index (χ0v) is 18.8. The highest BCUT2D eigenvalue weighted by molar-refractivity contribution is 7.89. The van der Waals surface area contributed by atoms with Crippen molar-refractivity contribution >= 4 is 44.9 Å². The van der Waals surface area contributed by atoms with Gasteiger partial charge in [0.05, 0.1) is 33.3 Å². The van der Waals surface area contributed by atoms with Crippen molar-refractivity contribution in [2.24, 2.45) is 11.7 Å². The standard InChI is InChI=1S/C20H24ClN5O4S/c1-25(2)31(29,30)15-6-7-17(21)16(10-15)20(28)24-14-5-8-18(23-11-14)26-9-3-4-13(12-26)19(22)27/h5-8,10-11,13H,3-4,9,12H2,1-2H3,(H2,22,27)(H,24,28). The monoisotopic (exact) mass is 465 g/mol. The normalized spacial score (nSPS) is 16.9. The number of carbonyl (C=O) groups is 2. The van der Waals surface area contributed by atoms with E-state index >= 15 is 0 Å². The molecular weight excluding hydrogens is 442 g/mol. The molecule has 0 spiro atoms. The number of sulfonamides is 1. The quantitative estimate of drug-likeness (QED) is 0.671. The van der Waals surface area contributed by atoms with E-state index in [9.17, 15) is 18.0 Å². The van der Waals surface area contributed by atoms with Gasteiger partial charge in [-0.3, -0.25) is 9.59 Å². The number of aromatic nitrogens is 1. The summed E-state index contributed by atoms with van der Waals surface area (Å²) < 4.78 is 25.7. The van der Waals surface area contributed by atoms with Crippen LogP contribution < -0.4 is 16.0 Å². The molecule has 0 radical (unpaired) electrons. The second kappa shape index (κ2) is 9.21. The Balaban J connectivity index is 1.75. The predicted molar refractivity (Wildman–Crippen MR) is 119 cm³/mol. The molecule has 1 unspecified atom stereocenters. The van der Waals surface area contributed by atoms with Gasteiger partial charge in [0.25, 0.3) is 5.91 Å². The molecule has 0 saturated carbocycles. The lowest BCUT2D eigenvalue weighted by Gasteiger charge is -2.32. The molecule has 1 aliphatic rings. The van der Waals surface area contributed by atoms with Crippen LogP contribution in [0.5, 0.6) is 0 Å². The van der Waals surface area contributed by atoms with Gasteiger partial charge in [-0.1, -0.05) is 11.6 Å². The van der Waals surface area contributed by atoms with E-state index in [2.05, 4.69) is 10.3 Å². The molecule has 2 heterocycles. The molecule has 1 aromatic heterocycles. The molecule has 0 aliphatic carbocycles. The van der Waals surface area contributed by atoms with Gasteiger partial charge in [0.15, 0.2) is 0 Å². The van der Waals surface area contributed by atoms with Crippen LogP contribution in [0.4, 0.5) is 11.5 Å². The van der Waals surface area contributed by atoms with E-state index < -0.39 is 15.9 Å². The topological polar surface area (TPSA) is 126 Å². The summed E-state index contributed by atoms with van der Waals surface area (Å²) in [5.74, 6) is -0.394. The highest BCUT2D eigenvalue weighted by atomic mass is 35.5. The zero-order valence-electron chi connectivity index (χ0n) is 17.2. The Bertz CT molecular complexity index is 1090. The molecule has 0 bridgehead atoms. The van der Waals surface area contributed by atoms with Gasteiger partial charge < -0.3 is 16.0 Å². The number of halogens is 1. The fourth-order valence-electron chi connectivity index (χ4n) is 3.31. The summed E-state index contributed by atoms with van der Waals surface area (Å²) in [6, 6.07) is 7.39. The first-order valence-electron chi connectivity index (χ1n) is 9.63. The summed E-state index contributed by atoms with van der Waals surface area (Å²) >= 11 is 6.12. The van der Waals surface area contributed by atoms with Crippen LogP contribution in [0.2, 0.25) is 5.02 Å². The first-order valence-corrected chi connectivity index (χ1v) is 11.4. The molecule has 1 atom stereocenters. The molecule has 31 heavy (non-hydrogen) atoms. The van der Waals surface area contributed by atoms with Crippen molar-refractivity contribution in [2.45, 2.75) is 17.7 Å². The van der Waals surface area contributed by atoms with Crippen LogP contribution >= 0.6 is 11.6 Å². The number of amides is 2. The van der Waals surface area contributed by atoms with Crippen LogP contribution in [0.3, 0.4) is 0 Å². The molecule has 9 nitrogen and oxygen atoms in total. The van der Waals surface area contributed by atoms with Crippen LogP contribution in [-0.2, 0) is 14.8 Å². The molecular formula is C20H24ClN5O4S. The molecule has 166 valence electrons. The second-order valence-electron chi connectivity index (χ2n) is 7.48. The largest absolute Gasteiger partial charge is 0.369 e. The van der Waals surface area contributed by atoms with Gasteiger partial charge in [0.1, 0.15) is 5.82 Å². The zero-order chi connectivity index (χ0) is 22.8. The summed E-state index contributed by atoms with van der Waals surface area (Å²) in [4.78, 5) is 30.5. The molecule has 1 fully saturated rings. The number of rotatable bonds is 6. The van der Waals surface area contributed by atoms with Crippen molar-refractivity contribution < 1.29 is 18.0 Å². The number of hydrogen-bond acceptors (Lipinski definition) is 6. The Kier molecular flexibility index (Phi) is 6.83. The average Bonchev–Trinajstić information content (AvgIpc) is 2.74. The van der Waals surface area contributed by atoms with Crippen molar-refractivity contribution in [3.63, 3.8) is 0 Å². The number of benzene rings is 1. The highest BCUT2D eigenvalue weighted by Gasteiger charge is 2.25. The number of carbonyl (C=O) groups excluding carboxylic acids is 2. The number of hydrogen-bond donors (Lipinski definition) is 2. The lowest BCUT2D eigenvalue weighted by molar-refractivity contribution is -0.122. The number of nitrogens with two attached hydrogens (primary N) is 1. The Labute approximate surface area is 186 Å². The molecule has 2 amide bonds. The SMILES string of the molecule is CN(C)S(=O)(=O)c1ccc(Cl)c(C(=O)Nc2ccc(N3CCCC(C(N)=O)C3)nc2)c1. The Hall–Kier alpha value is -2.69. The summed E-state index contributed by atoms with van der Waals surface area (Å²) in [6.07, 6.45) is 3.11. The van der Waals surface area contributed by atoms with Crippen molar-refractivity contribution in [2.75, 3.05) is 37.4 Å². The second-order valence-corrected chi connectivity index (χ2v) is 10.0. The first-order chi connectivity index (χ1) is 14.6. The molecule has 3 N–H and O–H groups in total. The number of nitrogens with one attached hydrogen (secondary N) is 1. The van der Waals surface area contributed by atoms with E-state index in [0.29, 0.717) is 18.1 Å². The van der Waals surface area contributed by atoms with Gasteiger partial charge in [-0.25, -0.2) is 17.7 Å².